The van der Waals surface area contributed by atoms with Crippen molar-refractivity contribution in [3.63, 3.8) is 0 Å². The Balaban J connectivity index is 2.33. The number of carbonyl (C=O) groups excluding carboxylic acids is 1. The largest absolute Gasteiger partial charge is 0.508 e. The van der Waals surface area contributed by atoms with Crippen molar-refractivity contribution in [2.45, 2.75) is 26.2 Å². The van der Waals surface area contributed by atoms with Crippen LogP contribution in [0.4, 0.5) is 0 Å². The van der Waals surface area contributed by atoms with Gasteiger partial charge in [-0.2, -0.15) is 0 Å². The number of hydrazine groups is 1. The van der Waals surface area contributed by atoms with Gasteiger partial charge in [-0.25, -0.2) is 5.84 Å². The molecule has 0 unspecified atom stereocenters. The minimum Gasteiger partial charge on any atom is -0.508 e. The molecule has 4 heteroatoms. The highest BCUT2D eigenvalue weighted by atomic mass is 16.3. The smallest absolute Gasteiger partial charge is 0.240 e. The number of benzene rings is 1. The van der Waals surface area contributed by atoms with Crippen molar-refractivity contribution in [1.82, 2.24) is 5.01 Å². The number of allylic oxidation sites excluding steroid dienone is 1. The SMILES string of the molecule is CCC(=O)N(N)C1=Cc2cccc(O)c2CC1. The van der Waals surface area contributed by atoms with Crippen molar-refractivity contribution in [1.29, 1.82) is 0 Å². The normalized spacial score (nSPS) is 13.9. The molecule has 4 nitrogen and oxygen atoms in total. The molecular formula is C13H16N2O2. The molecule has 90 valence electrons. The molecule has 0 atom stereocenters. The van der Waals surface area contributed by atoms with Crippen molar-refractivity contribution in [3.8, 4) is 5.75 Å². The number of hydrogen-bond donors (Lipinski definition) is 2. The molecule has 2 rings (SSSR count). The van der Waals surface area contributed by atoms with Crippen LogP contribution in [0.1, 0.15) is 30.9 Å². The molecule has 0 aromatic heterocycles. The Hall–Kier alpha value is -1.81. The summed E-state index contributed by atoms with van der Waals surface area (Å²) >= 11 is 0. The van der Waals surface area contributed by atoms with Crippen LogP contribution in [0, 0.1) is 0 Å². The van der Waals surface area contributed by atoms with Gasteiger partial charge in [0.1, 0.15) is 5.75 Å². The molecule has 1 aliphatic carbocycles. The van der Waals surface area contributed by atoms with Gasteiger partial charge in [0, 0.05) is 17.7 Å². The average molecular weight is 232 g/mol. The zero-order valence-corrected chi connectivity index (χ0v) is 9.81. The van der Waals surface area contributed by atoms with Crippen LogP contribution in [0.25, 0.3) is 6.08 Å². The molecule has 1 aliphatic rings. The Labute approximate surface area is 100 Å². The molecule has 3 N–H and O–H groups in total. The fourth-order valence-electron chi connectivity index (χ4n) is 2.02. The first kappa shape index (κ1) is 11.7. The third-order valence-corrected chi connectivity index (χ3v) is 3.02. The van der Waals surface area contributed by atoms with E-state index in [1.165, 1.54) is 5.01 Å². The second-order valence-electron chi connectivity index (χ2n) is 4.10. The number of nitrogens with two attached hydrogens (primary N) is 1. The lowest BCUT2D eigenvalue weighted by Crippen LogP contribution is -2.36. The predicted molar refractivity (Wildman–Crippen MR) is 65.7 cm³/mol. The summed E-state index contributed by atoms with van der Waals surface area (Å²) in [4.78, 5) is 11.5. The number of nitrogens with zero attached hydrogens (tertiary/aromatic N) is 1. The Bertz CT molecular complexity index is 480. The second kappa shape index (κ2) is 4.59. The number of amides is 1. The van der Waals surface area contributed by atoms with E-state index < -0.39 is 0 Å². The molecule has 0 saturated carbocycles. The van der Waals surface area contributed by atoms with E-state index in [4.69, 9.17) is 5.84 Å². The second-order valence-corrected chi connectivity index (χ2v) is 4.10. The lowest BCUT2D eigenvalue weighted by atomic mass is 9.94. The zero-order valence-electron chi connectivity index (χ0n) is 9.81. The van der Waals surface area contributed by atoms with Crippen molar-refractivity contribution >= 4 is 12.0 Å². The Morgan fingerprint density at radius 2 is 2.24 bits per heavy atom. The van der Waals surface area contributed by atoms with E-state index >= 15 is 0 Å². The maximum atomic E-state index is 11.5. The van der Waals surface area contributed by atoms with Crippen LogP contribution in [0.5, 0.6) is 5.75 Å². The molecule has 1 amide bonds. The van der Waals surface area contributed by atoms with Crippen molar-refractivity contribution in [2.24, 2.45) is 5.84 Å². The number of hydrogen-bond acceptors (Lipinski definition) is 3. The highest BCUT2D eigenvalue weighted by Crippen LogP contribution is 2.30. The maximum absolute atomic E-state index is 11.5. The lowest BCUT2D eigenvalue weighted by molar-refractivity contribution is -0.129. The van der Waals surface area contributed by atoms with E-state index in [2.05, 4.69) is 0 Å². The third kappa shape index (κ3) is 2.17. The fourth-order valence-corrected chi connectivity index (χ4v) is 2.02. The Morgan fingerprint density at radius 3 is 2.94 bits per heavy atom. The minimum atomic E-state index is -0.0974. The molecule has 1 aromatic rings. The first-order valence-corrected chi connectivity index (χ1v) is 5.72. The van der Waals surface area contributed by atoms with Gasteiger partial charge < -0.3 is 5.11 Å². The fraction of sp³-hybridized carbons (Fsp3) is 0.308. The Morgan fingerprint density at radius 1 is 1.47 bits per heavy atom. The summed E-state index contributed by atoms with van der Waals surface area (Å²) in [5.41, 5.74) is 2.66. The number of fused-ring (bicyclic) bond motifs is 1. The van der Waals surface area contributed by atoms with E-state index in [1.54, 1.807) is 19.1 Å². The quantitative estimate of drug-likeness (QED) is 0.464. The standard InChI is InChI=1S/C13H16N2O2/c1-2-13(17)15(14)10-6-7-11-9(8-10)4-3-5-12(11)16/h3-5,8,16H,2,6-7,14H2,1H3. The number of aromatic hydroxyl groups is 1. The third-order valence-electron chi connectivity index (χ3n) is 3.02. The summed E-state index contributed by atoms with van der Waals surface area (Å²) in [6.07, 6.45) is 3.64. The van der Waals surface area contributed by atoms with Crippen molar-refractivity contribution in [2.75, 3.05) is 0 Å². The summed E-state index contributed by atoms with van der Waals surface area (Å²) in [6.45, 7) is 1.78. The molecule has 1 aromatic carbocycles. The molecule has 0 spiro atoms. The highest BCUT2D eigenvalue weighted by Gasteiger charge is 2.18. The predicted octanol–water partition coefficient (Wildman–Crippen LogP) is 1.79. The Kier molecular flexibility index (Phi) is 3.15. The summed E-state index contributed by atoms with van der Waals surface area (Å²) in [5, 5.41) is 10.9. The van der Waals surface area contributed by atoms with Crippen LogP contribution in [-0.4, -0.2) is 16.0 Å². The van der Waals surface area contributed by atoms with E-state index in [0.717, 1.165) is 16.8 Å². The molecule has 17 heavy (non-hydrogen) atoms. The van der Waals surface area contributed by atoms with E-state index in [-0.39, 0.29) is 5.91 Å². The first-order valence-electron chi connectivity index (χ1n) is 5.72. The highest BCUT2D eigenvalue weighted by molar-refractivity contribution is 5.79. The topological polar surface area (TPSA) is 66.6 Å². The zero-order chi connectivity index (χ0) is 12.4. The van der Waals surface area contributed by atoms with Crippen LogP contribution in [0.3, 0.4) is 0 Å². The van der Waals surface area contributed by atoms with Gasteiger partial charge in [-0.15, -0.1) is 0 Å². The summed E-state index contributed by atoms with van der Waals surface area (Å²) < 4.78 is 0. The van der Waals surface area contributed by atoms with Crippen LogP contribution in [0.2, 0.25) is 0 Å². The number of carbonyl (C=O) groups is 1. The van der Waals surface area contributed by atoms with Crippen LogP contribution < -0.4 is 5.84 Å². The van der Waals surface area contributed by atoms with E-state index in [0.29, 0.717) is 25.0 Å². The average Bonchev–Trinajstić information content (AvgIpc) is 2.37. The summed E-state index contributed by atoms with van der Waals surface area (Å²) in [5.74, 6) is 5.96. The first-order chi connectivity index (χ1) is 8.13. The number of rotatable bonds is 2. The van der Waals surface area contributed by atoms with Crippen LogP contribution in [0.15, 0.2) is 23.9 Å². The van der Waals surface area contributed by atoms with Crippen molar-refractivity contribution in [3.05, 3.63) is 35.0 Å². The molecule has 0 aliphatic heterocycles. The molecule has 0 radical (unpaired) electrons. The van der Waals surface area contributed by atoms with Crippen molar-refractivity contribution < 1.29 is 9.90 Å². The number of phenolic OH excluding ortho intramolecular Hbond substituents is 1. The molecule has 0 bridgehead atoms. The van der Waals surface area contributed by atoms with Gasteiger partial charge >= 0.3 is 0 Å². The van der Waals surface area contributed by atoms with E-state index in [9.17, 15) is 9.90 Å². The maximum Gasteiger partial charge on any atom is 0.240 e. The monoisotopic (exact) mass is 232 g/mol. The van der Waals surface area contributed by atoms with Gasteiger partial charge in [0.25, 0.3) is 0 Å². The summed E-state index contributed by atoms with van der Waals surface area (Å²) in [6, 6.07) is 5.38. The van der Waals surface area contributed by atoms with Gasteiger partial charge in [0.2, 0.25) is 5.91 Å². The molecule has 0 heterocycles. The van der Waals surface area contributed by atoms with Crippen LogP contribution in [-0.2, 0) is 11.2 Å². The molecule has 0 fully saturated rings. The number of phenols is 1. The van der Waals surface area contributed by atoms with Gasteiger partial charge in [-0.3, -0.25) is 9.80 Å². The van der Waals surface area contributed by atoms with Gasteiger partial charge in [0.05, 0.1) is 0 Å². The van der Waals surface area contributed by atoms with Gasteiger partial charge in [-0.1, -0.05) is 19.1 Å². The van der Waals surface area contributed by atoms with Crippen LogP contribution >= 0.6 is 0 Å². The van der Waals surface area contributed by atoms with Gasteiger partial charge in [0.15, 0.2) is 0 Å². The minimum absolute atomic E-state index is 0.0974. The summed E-state index contributed by atoms with van der Waals surface area (Å²) in [7, 11) is 0. The molecule has 0 saturated heterocycles. The molecular weight excluding hydrogens is 216 g/mol. The van der Waals surface area contributed by atoms with E-state index in [1.807, 2.05) is 12.1 Å². The van der Waals surface area contributed by atoms with Gasteiger partial charge in [-0.05, 0) is 30.5 Å². The lowest BCUT2D eigenvalue weighted by Gasteiger charge is -2.24.